The number of rotatable bonds is 3. The molecule has 2 N–H and O–H groups in total. The Balaban J connectivity index is 2.03. The van der Waals surface area contributed by atoms with Gasteiger partial charge in [0.15, 0.2) is 0 Å². The molecule has 0 saturated carbocycles. The first-order valence-corrected chi connectivity index (χ1v) is 6.97. The Kier molecular flexibility index (Phi) is 4.60. The van der Waals surface area contributed by atoms with Gasteiger partial charge < -0.3 is 10.4 Å². The van der Waals surface area contributed by atoms with Crippen LogP contribution in [0.25, 0.3) is 0 Å². The number of likely N-dealkylation sites (tertiary alicyclic amines) is 1. The molecule has 0 radical (unpaired) electrons. The summed E-state index contributed by atoms with van der Waals surface area (Å²) in [6, 6.07) is 3.96. The average Bonchev–Trinajstić information content (AvgIpc) is 2.48. The third-order valence-electron chi connectivity index (χ3n) is 4.13. The number of amides is 1. The smallest absolute Gasteiger partial charge is 0.222 e. The van der Waals surface area contributed by atoms with Gasteiger partial charge in [-0.1, -0.05) is 0 Å². The van der Waals surface area contributed by atoms with Gasteiger partial charge in [-0.25, -0.2) is 4.39 Å². The minimum Gasteiger partial charge on any atom is -0.508 e. The van der Waals surface area contributed by atoms with Gasteiger partial charge in [0.1, 0.15) is 11.6 Å². The minimum absolute atomic E-state index is 0.0589. The Morgan fingerprint density at radius 2 is 2.10 bits per heavy atom. The Morgan fingerprint density at radius 1 is 1.45 bits per heavy atom. The van der Waals surface area contributed by atoms with E-state index in [1.165, 1.54) is 18.2 Å². The number of benzene rings is 1. The lowest BCUT2D eigenvalue weighted by molar-refractivity contribution is -0.126. The Labute approximate surface area is 118 Å². The summed E-state index contributed by atoms with van der Waals surface area (Å²) < 4.78 is 13.3. The van der Waals surface area contributed by atoms with Crippen LogP contribution in [0.1, 0.15) is 31.4 Å². The van der Waals surface area contributed by atoms with Gasteiger partial charge in [-0.05, 0) is 51.1 Å². The molecule has 1 aromatic rings. The summed E-state index contributed by atoms with van der Waals surface area (Å²) in [4.78, 5) is 13.8. The summed E-state index contributed by atoms with van der Waals surface area (Å²) in [5.41, 5.74) is 0.600. The molecule has 1 fully saturated rings. The molecule has 1 aromatic carbocycles. The van der Waals surface area contributed by atoms with Gasteiger partial charge in [0.25, 0.3) is 0 Å². The number of phenolic OH excluding ortho intramolecular Hbond substituents is 1. The maximum atomic E-state index is 13.3. The normalized spacial score (nSPS) is 18.8. The fourth-order valence-electron chi connectivity index (χ4n) is 2.81. The first kappa shape index (κ1) is 14.8. The second-order valence-electron chi connectivity index (χ2n) is 5.30. The van der Waals surface area contributed by atoms with Gasteiger partial charge in [0, 0.05) is 24.6 Å². The highest BCUT2D eigenvalue weighted by molar-refractivity contribution is 5.78. The molecule has 1 aliphatic rings. The van der Waals surface area contributed by atoms with Gasteiger partial charge in [-0.2, -0.15) is 0 Å². The van der Waals surface area contributed by atoms with E-state index in [-0.39, 0.29) is 29.4 Å². The molecule has 2 rings (SSSR count). The predicted molar refractivity (Wildman–Crippen MR) is 74.8 cm³/mol. The third kappa shape index (κ3) is 3.10. The molecule has 1 unspecified atom stereocenters. The summed E-state index contributed by atoms with van der Waals surface area (Å²) in [5.74, 6) is -0.0762. The van der Waals surface area contributed by atoms with Crippen molar-refractivity contribution in [1.29, 1.82) is 0 Å². The summed E-state index contributed by atoms with van der Waals surface area (Å²) in [6.07, 6.45) is 1.58. The van der Waals surface area contributed by atoms with Gasteiger partial charge in [-0.3, -0.25) is 9.69 Å². The zero-order valence-electron chi connectivity index (χ0n) is 11.9. The number of piperidine rings is 1. The largest absolute Gasteiger partial charge is 0.508 e. The number of nitrogens with one attached hydrogen (secondary N) is 1. The monoisotopic (exact) mass is 280 g/mol. The molecular weight excluding hydrogens is 259 g/mol. The molecule has 0 bridgehead atoms. The second kappa shape index (κ2) is 6.22. The summed E-state index contributed by atoms with van der Waals surface area (Å²) in [5, 5.41) is 12.5. The lowest BCUT2D eigenvalue weighted by Crippen LogP contribution is -2.40. The molecular formula is C15H21FN2O2. The minimum atomic E-state index is -0.343. The molecule has 5 heteroatoms. The number of nitrogens with zero attached hydrogens (tertiary/aromatic N) is 1. The number of carbonyl (C=O) groups excluding carboxylic acids is 1. The standard InChI is InChI=1S/C15H21FN2O2/c1-10(13-9-12(16)3-4-14(13)19)18-7-5-11(6-8-18)15(20)17-2/h3-4,9-11,19H,5-8H2,1-2H3,(H,17,20). The van der Waals surface area contributed by atoms with E-state index >= 15 is 0 Å². The first-order chi connectivity index (χ1) is 9.52. The van der Waals surface area contributed by atoms with E-state index in [4.69, 9.17) is 0 Å². The number of carbonyl (C=O) groups is 1. The van der Waals surface area contributed by atoms with Crippen LogP contribution in [0.2, 0.25) is 0 Å². The second-order valence-corrected chi connectivity index (χ2v) is 5.30. The molecule has 20 heavy (non-hydrogen) atoms. The van der Waals surface area contributed by atoms with Gasteiger partial charge in [-0.15, -0.1) is 0 Å². The van der Waals surface area contributed by atoms with Crippen LogP contribution >= 0.6 is 0 Å². The van der Waals surface area contributed by atoms with Crippen LogP contribution in [0.3, 0.4) is 0 Å². The maximum Gasteiger partial charge on any atom is 0.222 e. The molecule has 1 amide bonds. The number of hydrogen-bond acceptors (Lipinski definition) is 3. The van der Waals surface area contributed by atoms with Crippen LogP contribution in [0.15, 0.2) is 18.2 Å². The number of hydrogen-bond donors (Lipinski definition) is 2. The van der Waals surface area contributed by atoms with Crippen LogP contribution in [-0.4, -0.2) is 36.1 Å². The Morgan fingerprint density at radius 3 is 2.70 bits per heavy atom. The number of halogens is 1. The zero-order chi connectivity index (χ0) is 14.7. The number of phenols is 1. The van der Waals surface area contributed by atoms with E-state index in [2.05, 4.69) is 10.2 Å². The van der Waals surface area contributed by atoms with E-state index in [1.807, 2.05) is 6.92 Å². The SMILES string of the molecule is CNC(=O)C1CCN(C(C)c2cc(F)ccc2O)CC1. The molecule has 0 aliphatic carbocycles. The fourth-order valence-corrected chi connectivity index (χ4v) is 2.81. The zero-order valence-corrected chi connectivity index (χ0v) is 11.9. The van der Waals surface area contributed by atoms with Gasteiger partial charge in [0.2, 0.25) is 5.91 Å². The summed E-state index contributed by atoms with van der Waals surface area (Å²) in [6.45, 7) is 3.50. The van der Waals surface area contributed by atoms with E-state index in [0.29, 0.717) is 5.56 Å². The van der Waals surface area contributed by atoms with Crippen molar-refractivity contribution < 1.29 is 14.3 Å². The van der Waals surface area contributed by atoms with Crippen molar-refractivity contribution in [2.45, 2.75) is 25.8 Å². The van der Waals surface area contributed by atoms with Crippen LogP contribution in [0.4, 0.5) is 4.39 Å². The third-order valence-corrected chi connectivity index (χ3v) is 4.13. The van der Waals surface area contributed by atoms with Crippen LogP contribution in [0.5, 0.6) is 5.75 Å². The Bertz CT molecular complexity index is 485. The van der Waals surface area contributed by atoms with E-state index in [9.17, 15) is 14.3 Å². The van der Waals surface area contributed by atoms with E-state index < -0.39 is 0 Å². The van der Waals surface area contributed by atoms with Crippen molar-refractivity contribution in [3.63, 3.8) is 0 Å². The Hall–Kier alpha value is -1.62. The lowest BCUT2D eigenvalue weighted by atomic mass is 9.93. The highest BCUT2D eigenvalue weighted by atomic mass is 19.1. The molecule has 1 saturated heterocycles. The topological polar surface area (TPSA) is 52.6 Å². The molecule has 110 valence electrons. The molecule has 0 spiro atoms. The molecule has 0 aromatic heterocycles. The number of aromatic hydroxyl groups is 1. The van der Waals surface area contributed by atoms with Gasteiger partial charge >= 0.3 is 0 Å². The van der Waals surface area contributed by atoms with Gasteiger partial charge in [0.05, 0.1) is 0 Å². The van der Waals surface area contributed by atoms with E-state index in [1.54, 1.807) is 7.05 Å². The highest BCUT2D eigenvalue weighted by Gasteiger charge is 2.28. The average molecular weight is 280 g/mol. The van der Waals surface area contributed by atoms with Crippen LogP contribution < -0.4 is 5.32 Å². The fraction of sp³-hybridized carbons (Fsp3) is 0.533. The van der Waals surface area contributed by atoms with Crippen molar-refractivity contribution in [1.82, 2.24) is 10.2 Å². The summed E-state index contributed by atoms with van der Waals surface area (Å²) in [7, 11) is 1.65. The quantitative estimate of drug-likeness (QED) is 0.891. The van der Waals surface area contributed by atoms with Crippen molar-refractivity contribution in [3.05, 3.63) is 29.6 Å². The molecule has 1 atom stereocenters. The first-order valence-electron chi connectivity index (χ1n) is 6.97. The van der Waals surface area contributed by atoms with Crippen LogP contribution in [0, 0.1) is 11.7 Å². The summed E-state index contributed by atoms with van der Waals surface area (Å²) >= 11 is 0. The molecule has 1 aliphatic heterocycles. The molecule has 4 nitrogen and oxygen atoms in total. The van der Waals surface area contributed by atoms with Crippen molar-refractivity contribution in [2.24, 2.45) is 5.92 Å². The van der Waals surface area contributed by atoms with E-state index in [0.717, 1.165) is 25.9 Å². The molecule has 1 heterocycles. The highest BCUT2D eigenvalue weighted by Crippen LogP contribution is 2.31. The predicted octanol–water partition coefficient (Wildman–Crippen LogP) is 2.05. The van der Waals surface area contributed by atoms with Crippen molar-refractivity contribution in [2.75, 3.05) is 20.1 Å². The maximum absolute atomic E-state index is 13.3. The van der Waals surface area contributed by atoms with Crippen molar-refractivity contribution in [3.8, 4) is 5.75 Å². The lowest BCUT2D eigenvalue weighted by Gasteiger charge is -2.35. The van der Waals surface area contributed by atoms with Crippen LogP contribution in [-0.2, 0) is 4.79 Å². The van der Waals surface area contributed by atoms with Crippen molar-refractivity contribution >= 4 is 5.91 Å².